The highest BCUT2D eigenvalue weighted by atomic mass is 79.9. The number of carbonyl (C=O) groups is 1. The molecule has 0 atom stereocenters. The van der Waals surface area contributed by atoms with Crippen LogP contribution in [0, 0.1) is 0 Å². The number of pyridine rings is 1. The lowest BCUT2D eigenvalue weighted by Crippen LogP contribution is -2.13. The Morgan fingerprint density at radius 1 is 1.22 bits per heavy atom. The first-order valence-electron chi connectivity index (χ1n) is 5.33. The minimum atomic E-state index is -0.497. The van der Waals surface area contributed by atoms with Crippen molar-refractivity contribution in [3.05, 3.63) is 58.8 Å². The zero-order valence-electron chi connectivity index (χ0n) is 9.47. The van der Waals surface area contributed by atoms with E-state index < -0.39 is 6.09 Å². The van der Waals surface area contributed by atoms with Crippen molar-refractivity contribution < 1.29 is 9.53 Å². The summed E-state index contributed by atoms with van der Waals surface area (Å²) >= 11 is 3.22. The first-order valence-corrected chi connectivity index (χ1v) is 6.12. The molecule has 0 saturated carbocycles. The van der Waals surface area contributed by atoms with E-state index in [0.29, 0.717) is 10.3 Å². The fourth-order valence-corrected chi connectivity index (χ4v) is 1.56. The van der Waals surface area contributed by atoms with E-state index in [1.807, 2.05) is 30.3 Å². The molecule has 0 spiro atoms. The Balaban J connectivity index is 1.84. The molecule has 0 saturated heterocycles. The molecule has 18 heavy (non-hydrogen) atoms. The third-order valence-corrected chi connectivity index (χ3v) is 2.66. The summed E-state index contributed by atoms with van der Waals surface area (Å²) in [6, 6.07) is 13.0. The second-order valence-electron chi connectivity index (χ2n) is 3.56. The Labute approximate surface area is 113 Å². The van der Waals surface area contributed by atoms with Crippen molar-refractivity contribution in [2.24, 2.45) is 0 Å². The average Bonchev–Trinajstić information content (AvgIpc) is 2.40. The summed E-state index contributed by atoms with van der Waals surface area (Å²) in [7, 11) is 0. The van der Waals surface area contributed by atoms with Gasteiger partial charge in [0, 0.05) is 0 Å². The fourth-order valence-electron chi connectivity index (χ4n) is 1.33. The standard InChI is InChI=1S/C13H11BrN2O2/c14-12-7-6-11(8-15-12)16-13(17)18-9-10-4-2-1-3-5-10/h1-8H,9H2,(H,16,17). The molecule has 5 heteroatoms. The van der Waals surface area contributed by atoms with E-state index in [-0.39, 0.29) is 6.61 Å². The lowest BCUT2D eigenvalue weighted by atomic mass is 10.2. The Kier molecular flexibility index (Phi) is 4.30. The number of amides is 1. The molecule has 1 amide bonds. The van der Waals surface area contributed by atoms with Gasteiger partial charge in [-0.1, -0.05) is 30.3 Å². The van der Waals surface area contributed by atoms with Crippen LogP contribution in [0.4, 0.5) is 10.5 Å². The van der Waals surface area contributed by atoms with E-state index in [4.69, 9.17) is 4.74 Å². The summed E-state index contributed by atoms with van der Waals surface area (Å²) < 4.78 is 5.79. The van der Waals surface area contributed by atoms with Crippen molar-refractivity contribution in [3.8, 4) is 0 Å². The topological polar surface area (TPSA) is 51.2 Å². The third-order valence-electron chi connectivity index (χ3n) is 2.19. The predicted octanol–water partition coefficient (Wildman–Crippen LogP) is 3.59. The van der Waals surface area contributed by atoms with Crippen molar-refractivity contribution in [2.45, 2.75) is 6.61 Å². The van der Waals surface area contributed by atoms with E-state index in [9.17, 15) is 4.79 Å². The molecule has 2 aromatic rings. The van der Waals surface area contributed by atoms with Crippen molar-refractivity contribution in [1.82, 2.24) is 4.98 Å². The van der Waals surface area contributed by atoms with Crippen molar-refractivity contribution in [2.75, 3.05) is 5.32 Å². The van der Waals surface area contributed by atoms with Crippen LogP contribution in [0.3, 0.4) is 0 Å². The zero-order chi connectivity index (χ0) is 12.8. The van der Waals surface area contributed by atoms with Crippen LogP contribution in [0.1, 0.15) is 5.56 Å². The quantitative estimate of drug-likeness (QED) is 0.882. The molecular weight excluding hydrogens is 296 g/mol. The van der Waals surface area contributed by atoms with Gasteiger partial charge in [-0.3, -0.25) is 5.32 Å². The zero-order valence-corrected chi connectivity index (χ0v) is 11.1. The minimum absolute atomic E-state index is 0.247. The maximum Gasteiger partial charge on any atom is 0.412 e. The Bertz CT molecular complexity index is 514. The molecule has 0 aliphatic heterocycles. The normalized spacial score (nSPS) is 9.83. The van der Waals surface area contributed by atoms with Crippen LogP contribution in [0.15, 0.2) is 53.3 Å². The van der Waals surface area contributed by atoms with Gasteiger partial charge in [-0.05, 0) is 33.6 Å². The SMILES string of the molecule is O=C(Nc1ccc(Br)nc1)OCc1ccccc1. The number of nitrogens with zero attached hydrogens (tertiary/aromatic N) is 1. The molecule has 0 fully saturated rings. The average molecular weight is 307 g/mol. The summed E-state index contributed by atoms with van der Waals surface area (Å²) in [4.78, 5) is 15.5. The van der Waals surface area contributed by atoms with Crippen LogP contribution in [-0.2, 0) is 11.3 Å². The van der Waals surface area contributed by atoms with E-state index in [2.05, 4.69) is 26.2 Å². The lowest BCUT2D eigenvalue weighted by molar-refractivity contribution is 0.155. The van der Waals surface area contributed by atoms with E-state index in [0.717, 1.165) is 5.56 Å². The highest BCUT2D eigenvalue weighted by Gasteiger charge is 2.03. The maximum atomic E-state index is 11.5. The van der Waals surface area contributed by atoms with Gasteiger partial charge in [-0.15, -0.1) is 0 Å². The Hall–Kier alpha value is -1.88. The Morgan fingerprint density at radius 2 is 2.00 bits per heavy atom. The minimum Gasteiger partial charge on any atom is -0.444 e. The largest absolute Gasteiger partial charge is 0.444 e. The predicted molar refractivity (Wildman–Crippen MR) is 72.2 cm³/mol. The van der Waals surface area contributed by atoms with Crippen LogP contribution in [0.5, 0.6) is 0 Å². The number of carbonyl (C=O) groups excluding carboxylic acids is 1. The first kappa shape index (κ1) is 12.6. The van der Waals surface area contributed by atoms with Crippen LogP contribution >= 0.6 is 15.9 Å². The summed E-state index contributed by atoms with van der Waals surface area (Å²) in [5, 5.41) is 2.59. The smallest absolute Gasteiger partial charge is 0.412 e. The monoisotopic (exact) mass is 306 g/mol. The number of rotatable bonds is 3. The molecule has 1 aromatic carbocycles. The van der Waals surface area contributed by atoms with E-state index >= 15 is 0 Å². The van der Waals surface area contributed by atoms with Gasteiger partial charge in [-0.25, -0.2) is 9.78 Å². The number of aromatic nitrogens is 1. The van der Waals surface area contributed by atoms with Gasteiger partial charge in [0.25, 0.3) is 0 Å². The van der Waals surface area contributed by atoms with Gasteiger partial charge in [0.1, 0.15) is 11.2 Å². The second-order valence-corrected chi connectivity index (χ2v) is 4.37. The van der Waals surface area contributed by atoms with Crippen LogP contribution in [0.25, 0.3) is 0 Å². The number of halogens is 1. The molecule has 0 bridgehead atoms. The lowest BCUT2D eigenvalue weighted by Gasteiger charge is -2.06. The van der Waals surface area contributed by atoms with E-state index in [1.165, 1.54) is 0 Å². The van der Waals surface area contributed by atoms with Gasteiger partial charge in [-0.2, -0.15) is 0 Å². The maximum absolute atomic E-state index is 11.5. The summed E-state index contributed by atoms with van der Waals surface area (Å²) in [5.74, 6) is 0. The highest BCUT2D eigenvalue weighted by molar-refractivity contribution is 9.10. The Morgan fingerprint density at radius 3 is 2.67 bits per heavy atom. The fraction of sp³-hybridized carbons (Fsp3) is 0.0769. The molecule has 1 heterocycles. The molecule has 1 N–H and O–H groups in total. The number of ether oxygens (including phenoxy) is 1. The molecular formula is C13H11BrN2O2. The second kappa shape index (κ2) is 6.16. The van der Waals surface area contributed by atoms with Crippen molar-refractivity contribution in [1.29, 1.82) is 0 Å². The molecule has 4 nitrogen and oxygen atoms in total. The van der Waals surface area contributed by atoms with Gasteiger partial charge in [0.2, 0.25) is 0 Å². The van der Waals surface area contributed by atoms with Crippen molar-refractivity contribution >= 4 is 27.7 Å². The molecule has 0 unspecified atom stereocenters. The van der Waals surface area contributed by atoms with E-state index in [1.54, 1.807) is 18.3 Å². The van der Waals surface area contributed by atoms with Crippen molar-refractivity contribution in [3.63, 3.8) is 0 Å². The van der Waals surface area contributed by atoms with Crippen LogP contribution < -0.4 is 5.32 Å². The van der Waals surface area contributed by atoms with Crippen LogP contribution in [0.2, 0.25) is 0 Å². The molecule has 1 aromatic heterocycles. The van der Waals surface area contributed by atoms with Crippen LogP contribution in [-0.4, -0.2) is 11.1 Å². The number of hydrogen-bond acceptors (Lipinski definition) is 3. The molecule has 0 aliphatic carbocycles. The van der Waals surface area contributed by atoms with Gasteiger partial charge in [0.15, 0.2) is 0 Å². The summed E-state index contributed by atoms with van der Waals surface area (Å²) in [5.41, 5.74) is 1.54. The number of benzene rings is 1. The third kappa shape index (κ3) is 3.85. The molecule has 0 aliphatic rings. The van der Waals surface area contributed by atoms with Gasteiger partial charge in [0.05, 0.1) is 11.9 Å². The number of nitrogens with one attached hydrogen (secondary N) is 1. The molecule has 2 rings (SSSR count). The number of hydrogen-bond donors (Lipinski definition) is 1. The summed E-state index contributed by atoms with van der Waals surface area (Å²) in [6.07, 6.45) is 1.05. The number of anilines is 1. The summed E-state index contributed by atoms with van der Waals surface area (Å²) in [6.45, 7) is 0.247. The highest BCUT2D eigenvalue weighted by Crippen LogP contribution is 2.11. The first-order chi connectivity index (χ1) is 8.74. The van der Waals surface area contributed by atoms with Gasteiger partial charge < -0.3 is 4.74 Å². The van der Waals surface area contributed by atoms with Gasteiger partial charge >= 0.3 is 6.09 Å². The molecule has 92 valence electrons. The molecule has 0 radical (unpaired) electrons.